The molecule has 4 rings (SSSR count). The molecule has 38 heavy (non-hydrogen) atoms. The van der Waals surface area contributed by atoms with E-state index in [4.69, 9.17) is 14.6 Å². The van der Waals surface area contributed by atoms with Gasteiger partial charge in [-0.25, -0.2) is 18.4 Å². The van der Waals surface area contributed by atoms with Crippen LogP contribution in [-0.4, -0.2) is 80.2 Å². The summed E-state index contributed by atoms with van der Waals surface area (Å²) in [5.41, 5.74) is 1.73. The number of carbonyl (C=O) groups is 3. The number of hydrogen-bond acceptors (Lipinski definition) is 5. The highest BCUT2D eigenvalue weighted by atomic mass is 28.3. The summed E-state index contributed by atoms with van der Waals surface area (Å²) in [6, 6.07) is 6.43. The molecular formula is C27H32F2N2O6Si. The monoisotopic (exact) mass is 546 g/mol. The van der Waals surface area contributed by atoms with Crippen LogP contribution in [0.4, 0.5) is 13.6 Å². The molecule has 0 saturated carbocycles. The molecule has 2 heterocycles. The van der Waals surface area contributed by atoms with Crippen LogP contribution in [0.25, 0.3) is 0 Å². The topological polar surface area (TPSA) is 96.4 Å². The molecule has 0 aromatic heterocycles. The second-order valence-corrected chi connectivity index (χ2v) is 15.8. The highest BCUT2D eigenvalue weighted by Crippen LogP contribution is 2.35. The van der Waals surface area contributed by atoms with Crippen LogP contribution in [0.5, 0.6) is 5.75 Å². The lowest BCUT2D eigenvalue weighted by molar-refractivity contribution is -0.147. The number of urea groups is 1. The third-order valence-electron chi connectivity index (χ3n) is 6.92. The van der Waals surface area contributed by atoms with Gasteiger partial charge >= 0.3 is 12.0 Å². The van der Waals surface area contributed by atoms with E-state index >= 15 is 0 Å². The zero-order valence-electron chi connectivity index (χ0n) is 21.9. The van der Waals surface area contributed by atoms with Crippen molar-refractivity contribution in [3.8, 4) is 5.75 Å². The Morgan fingerprint density at radius 2 is 1.74 bits per heavy atom. The normalized spacial score (nSPS) is 17.6. The smallest absolute Gasteiger partial charge is 0.329 e. The summed E-state index contributed by atoms with van der Waals surface area (Å²) >= 11 is 0. The minimum Gasteiger partial charge on any atom is -0.497 e. The number of methoxy groups -OCH3 is 1. The summed E-state index contributed by atoms with van der Waals surface area (Å²) in [4.78, 5) is 40.8. The van der Waals surface area contributed by atoms with Crippen molar-refractivity contribution in [3.63, 3.8) is 0 Å². The lowest BCUT2D eigenvalue weighted by Crippen LogP contribution is -2.60. The van der Waals surface area contributed by atoms with E-state index in [9.17, 15) is 23.2 Å². The van der Waals surface area contributed by atoms with Gasteiger partial charge in [-0.1, -0.05) is 25.7 Å². The van der Waals surface area contributed by atoms with Crippen LogP contribution < -0.4 is 9.92 Å². The number of ether oxygens (including phenoxy) is 2. The van der Waals surface area contributed by atoms with E-state index in [1.54, 1.807) is 19.2 Å². The van der Waals surface area contributed by atoms with E-state index in [2.05, 4.69) is 0 Å². The van der Waals surface area contributed by atoms with E-state index < -0.39 is 38.3 Å². The fourth-order valence-electron chi connectivity index (χ4n) is 5.10. The highest BCUT2D eigenvalue weighted by Gasteiger charge is 2.41. The molecule has 1 unspecified atom stereocenters. The SMILES string of the molecule is COc1ccc2c(c1)CCN(C(=O)N1CC(OCC(=O)O)C1)C2C(=O)Cc1cc(F)c([Si](C)(C)C)c(F)c1. The van der Waals surface area contributed by atoms with Crippen LogP contribution >= 0.6 is 0 Å². The van der Waals surface area contributed by atoms with Crippen LogP contribution in [-0.2, 0) is 27.2 Å². The zero-order valence-corrected chi connectivity index (χ0v) is 22.9. The Kier molecular flexibility index (Phi) is 7.89. The summed E-state index contributed by atoms with van der Waals surface area (Å²) in [6.07, 6.45) is -0.131. The van der Waals surface area contributed by atoms with Gasteiger partial charge in [0.2, 0.25) is 0 Å². The van der Waals surface area contributed by atoms with Crippen molar-refractivity contribution in [2.45, 2.75) is 44.6 Å². The third-order valence-corrected chi connectivity index (χ3v) is 8.90. The Bertz CT molecular complexity index is 1240. The molecule has 0 spiro atoms. The van der Waals surface area contributed by atoms with Gasteiger partial charge < -0.3 is 24.4 Å². The van der Waals surface area contributed by atoms with E-state index in [0.29, 0.717) is 17.7 Å². The molecule has 0 bridgehead atoms. The van der Waals surface area contributed by atoms with Gasteiger partial charge in [0, 0.05) is 18.2 Å². The average molecular weight is 547 g/mol. The van der Waals surface area contributed by atoms with Gasteiger partial charge in [-0.2, -0.15) is 0 Å². The largest absolute Gasteiger partial charge is 0.497 e. The Labute approximate surface area is 221 Å². The Morgan fingerprint density at radius 3 is 2.32 bits per heavy atom. The van der Waals surface area contributed by atoms with Crippen molar-refractivity contribution in [3.05, 3.63) is 58.7 Å². The van der Waals surface area contributed by atoms with Crippen molar-refractivity contribution < 1.29 is 37.7 Å². The maximum absolute atomic E-state index is 14.9. The summed E-state index contributed by atoms with van der Waals surface area (Å²) in [6.45, 7) is 5.80. The summed E-state index contributed by atoms with van der Waals surface area (Å²) < 4.78 is 40.3. The minimum atomic E-state index is -2.28. The number of amides is 2. The molecule has 0 aliphatic carbocycles. The fraction of sp³-hybridized carbons (Fsp3) is 0.444. The first-order chi connectivity index (χ1) is 17.9. The molecular weight excluding hydrogens is 514 g/mol. The van der Waals surface area contributed by atoms with Crippen LogP contribution in [0.3, 0.4) is 0 Å². The van der Waals surface area contributed by atoms with Crippen LogP contribution in [0.15, 0.2) is 30.3 Å². The number of nitrogens with zero attached hydrogens (tertiary/aromatic N) is 2. The molecule has 2 aliphatic rings. The number of likely N-dealkylation sites (tertiary alicyclic amines) is 1. The molecule has 11 heteroatoms. The Balaban J connectivity index is 1.59. The average Bonchev–Trinajstić information content (AvgIpc) is 2.80. The van der Waals surface area contributed by atoms with Gasteiger partial charge in [0.15, 0.2) is 5.78 Å². The molecule has 1 atom stereocenters. The minimum absolute atomic E-state index is 0.0954. The first kappa shape index (κ1) is 27.7. The quantitative estimate of drug-likeness (QED) is 0.511. The lowest BCUT2D eigenvalue weighted by atomic mass is 9.88. The number of carbonyl (C=O) groups excluding carboxylic acids is 2. The summed E-state index contributed by atoms with van der Waals surface area (Å²) in [7, 11) is -0.732. The number of rotatable bonds is 8. The maximum Gasteiger partial charge on any atom is 0.329 e. The van der Waals surface area contributed by atoms with Crippen LogP contribution in [0, 0.1) is 11.6 Å². The van der Waals surface area contributed by atoms with Crippen molar-refractivity contribution in [2.24, 2.45) is 0 Å². The second-order valence-electron chi connectivity index (χ2n) is 10.8. The number of carboxylic acid groups (broad SMARTS) is 1. The van der Waals surface area contributed by atoms with Crippen molar-refractivity contribution in [1.29, 1.82) is 0 Å². The molecule has 1 saturated heterocycles. The number of halogens is 2. The number of fused-ring (bicyclic) bond motifs is 1. The lowest BCUT2D eigenvalue weighted by Gasteiger charge is -2.45. The molecule has 0 radical (unpaired) electrons. The van der Waals surface area contributed by atoms with E-state index in [0.717, 1.165) is 5.56 Å². The van der Waals surface area contributed by atoms with E-state index in [1.807, 2.05) is 25.7 Å². The second kappa shape index (κ2) is 10.8. The Hall–Kier alpha value is -3.31. The number of carboxylic acids is 1. The zero-order chi connectivity index (χ0) is 27.8. The number of Topliss-reactive ketones (excluding diaryl/α,β-unsaturated/α-hetero) is 1. The molecule has 2 aliphatic heterocycles. The van der Waals surface area contributed by atoms with Crippen molar-refractivity contribution in [2.75, 3.05) is 33.4 Å². The molecule has 204 valence electrons. The van der Waals surface area contributed by atoms with Crippen molar-refractivity contribution in [1.82, 2.24) is 9.80 Å². The predicted molar refractivity (Wildman–Crippen MR) is 139 cm³/mol. The molecule has 2 aromatic carbocycles. The number of benzene rings is 2. The van der Waals surface area contributed by atoms with Gasteiger partial charge in [0.25, 0.3) is 0 Å². The van der Waals surface area contributed by atoms with Gasteiger partial charge in [0.1, 0.15) is 30.0 Å². The Morgan fingerprint density at radius 1 is 1.08 bits per heavy atom. The summed E-state index contributed by atoms with van der Waals surface area (Å²) in [5, 5.41) is 8.89. The first-order valence-corrected chi connectivity index (χ1v) is 16.0. The highest BCUT2D eigenvalue weighted by molar-refractivity contribution is 6.88. The molecule has 2 aromatic rings. The third kappa shape index (κ3) is 5.73. The number of aliphatic carboxylic acids is 1. The molecule has 1 N–H and O–H groups in total. The first-order valence-electron chi connectivity index (χ1n) is 12.5. The number of ketones is 1. The fourth-order valence-corrected chi connectivity index (χ4v) is 6.67. The number of hydrogen-bond donors (Lipinski definition) is 1. The molecule has 1 fully saturated rings. The van der Waals surface area contributed by atoms with Gasteiger partial charge in [-0.15, -0.1) is 0 Å². The maximum atomic E-state index is 14.9. The van der Waals surface area contributed by atoms with Gasteiger partial charge in [0.05, 0.1) is 34.4 Å². The van der Waals surface area contributed by atoms with Gasteiger partial charge in [-0.05, 0) is 47.4 Å². The van der Waals surface area contributed by atoms with Gasteiger partial charge in [-0.3, -0.25) is 4.79 Å². The van der Waals surface area contributed by atoms with Crippen LogP contribution in [0.1, 0.15) is 22.7 Å². The van der Waals surface area contributed by atoms with E-state index in [-0.39, 0.29) is 54.7 Å². The summed E-state index contributed by atoms with van der Waals surface area (Å²) in [5.74, 6) is -2.12. The van der Waals surface area contributed by atoms with Crippen LogP contribution in [0.2, 0.25) is 19.6 Å². The standard InChI is InChI=1S/C27H32F2N2O6Si/c1-36-18-5-6-20-17(12-18)7-8-31(27(35)30-13-19(14-30)37-15-24(33)34)25(20)23(32)11-16-9-21(28)26(22(29)10-16)38(2,3)4/h5-6,9-10,12,19,25H,7-8,11,13-15H2,1-4H3,(H,33,34). The van der Waals surface area contributed by atoms with E-state index in [1.165, 1.54) is 21.9 Å². The predicted octanol–water partition coefficient (Wildman–Crippen LogP) is 3.14. The molecule has 2 amide bonds. The van der Waals surface area contributed by atoms with Crippen molar-refractivity contribution >= 4 is 31.0 Å². The molecule has 8 nitrogen and oxygen atoms in total.